The smallest absolute Gasteiger partial charge is 0.352 e. The number of aromatic carboxylic acids is 1. The highest BCUT2D eigenvalue weighted by Crippen LogP contribution is 2.26. The van der Waals surface area contributed by atoms with Crippen LogP contribution in [0.4, 0.5) is 0 Å². The number of carbonyl (C=O) groups is 1. The Labute approximate surface area is 134 Å². The first-order chi connectivity index (χ1) is 10.7. The second-order valence-electron chi connectivity index (χ2n) is 5.63. The van der Waals surface area contributed by atoms with Crippen LogP contribution < -0.4 is 0 Å². The highest BCUT2D eigenvalue weighted by Gasteiger charge is 2.32. The molecule has 0 bridgehead atoms. The number of rotatable bonds is 3. The number of aryl methyl sites for hydroxylation is 1. The molecular formula is C14H18N4O4S. The van der Waals surface area contributed by atoms with Crippen molar-refractivity contribution >= 4 is 16.0 Å². The lowest BCUT2D eigenvalue weighted by Gasteiger charge is -2.28. The Morgan fingerprint density at radius 1 is 1.30 bits per heavy atom. The van der Waals surface area contributed by atoms with Gasteiger partial charge in [-0.15, -0.1) is 0 Å². The van der Waals surface area contributed by atoms with Crippen LogP contribution in [0.25, 0.3) is 0 Å². The molecule has 1 aliphatic rings. The van der Waals surface area contributed by atoms with Crippen LogP contribution in [0.15, 0.2) is 17.2 Å². The lowest BCUT2D eigenvalue weighted by Crippen LogP contribution is -2.38. The molecular weight excluding hydrogens is 320 g/mol. The molecule has 2 aromatic heterocycles. The first kappa shape index (κ1) is 15.8. The Balaban J connectivity index is 2.00. The van der Waals surface area contributed by atoms with Crippen LogP contribution in [0, 0.1) is 13.8 Å². The largest absolute Gasteiger partial charge is 0.477 e. The van der Waals surface area contributed by atoms with Crippen molar-refractivity contribution in [2.75, 3.05) is 6.54 Å². The van der Waals surface area contributed by atoms with Crippen molar-refractivity contribution in [3.8, 4) is 0 Å². The molecule has 0 atom stereocenters. The third-order valence-electron chi connectivity index (χ3n) is 4.37. The maximum atomic E-state index is 12.9. The number of nitrogens with zero attached hydrogens (tertiary/aromatic N) is 4. The van der Waals surface area contributed by atoms with Gasteiger partial charge in [0.05, 0.1) is 12.2 Å². The summed E-state index contributed by atoms with van der Waals surface area (Å²) in [6.07, 6.45) is 1.68. The molecule has 3 rings (SSSR count). The van der Waals surface area contributed by atoms with Crippen molar-refractivity contribution in [1.82, 2.24) is 18.4 Å². The van der Waals surface area contributed by atoms with Gasteiger partial charge in [-0.2, -0.15) is 4.31 Å². The van der Waals surface area contributed by atoms with Gasteiger partial charge in [-0.05, 0) is 19.9 Å². The van der Waals surface area contributed by atoms with Crippen LogP contribution in [0.3, 0.4) is 0 Å². The molecule has 3 heterocycles. The summed E-state index contributed by atoms with van der Waals surface area (Å²) in [7, 11) is -2.21. The number of fused-ring (bicyclic) bond motifs is 1. The maximum Gasteiger partial charge on any atom is 0.352 e. The number of aromatic nitrogens is 3. The van der Waals surface area contributed by atoms with Gasteiger partial charge in [-0.25, -0.2) is 18.2 Å². The number of imidazole rings is 1. The zero-order chi connectivity index (χ0) is 16.9. The van der Waals surface area contributed by atoms with Crippen molar-refractivity contribution in [2.45, 2.75) is 31.8 Å². The summed E-state index contributed by atoms with van der Waals surface area (Å²) in [6.45, 7) is 4.60. The first-order valence-corrected chi connectivity index (χ1v) is 8.58. The van der Waals surface area contributed by atoms with Crippen molar-refractivity contribution in [3.63, 3.8) is 0 Å². The van der Waals surface area contributed by atoms with E-state index in [9.17, 15) is 18.3 Å². The average molecular weight is 338 g/mol. The van der Waals surface area contributed by atoms with Crippen molar-refractivity contribution in [3.05, 3.63) is 35.2 Å². The highest BCUT2D eigenvalue weighted by atomic mass is 32.2. The lowest BCUT2D eigenvalue weighted by molar-refractivity contribution is 0.0686. The average Bonchev–Trinajstić information content (AvgIpc) is 3.01. The summed E-state index contributed by atoms with van der Waals surface area (Å²) in [4.78, 5) is 15.5. The van der Waals surface area contributed by atoms with Crippen LogP contribution >= 0.6 is 0 Å². The Morgan fingerprint density at radius 2 is 2.00 bits per heavy atom. The molecule has 0 spiro atoms. The zero-order valence-electron chi connectivity index (χ0n) is 13.1. The van der Waals surface area contributed by atoms with Gasteiger partial charge in [0.2, 0.25) is 10.0 Å². The molecule has 2 aromatic rings. The second kappa shape index (κ2) is 5.20. The predicted octanol–water partition coefficient (Wildman–Crippen LogP) is 0.741. The van der Waals surface area contributed by atoms with E-state index in [-0.39, 0.29) is 17.1 Å². The Morgan fingerprint density at radius 3 is 2.61 bits per heavy atom. The van der Waals surface area contributed by atoms with E-state index in [1.165, 1.54) is 14.9 Å². The molecule has 23 heavy (non-hydrogen) atoms. The van der Waals surface area contributed by atoms with E-state index >= 15 is 0 Å². The van der Waals surface area contributed by atoms with Crippen LogP contribution in [-0.2, 0) is 30.2 Å². The molecule has 0 fully saturated rings. The molecule has 0 radical (unpaired) electrons. The molecule has 1 aliphatic heterocycles. The zero-order valence-corrected chi connectivity index (χ0v) is 14.0. The summed E-state index contributed by atoms with van der Waals surface area (Å²) in [5.41, 5.74) is 1.21. The summed E-state index contributed by atoms with van der Waals surface area (Å²) in [5, 5.41) is 9.17. The van der Waals surface area contributed by atoms with Crippen LogP contribution in [0.1, 0.15) is 27.7 Å². The quantitative estimate of drug-likeness (QED) is 0.890. The minimum atomic E-state index is -3.75. The van der Waals surface area contributed by atoms with Crippen molar-refractivity contribution in [2.24, 2.45) is 7.05 Å². The van der Waals surface area contributed by atoms with Gasteiger partial charge in [-0.1, -0.05) is 0 Å². The van der Waals surface area contributed by atoms with E-state index in [0.717, 1.165) is 11.5 Å². The second-order valence-corrected chi connectivity index (χ2v) is 7.54. The van der Waals surface area contributed by atoms with Gasteiger partial charge < -0.3 is 14.2 Å². The van der Waals surface area contributed by atoms with E-state index in [1.807, 2.05) is 11.5 Å². The van der Waals surface area contributed by atoms with E-state index < -0.39 is 16.0 Å². The minimum Gasteiger partial charge on any atom is -0.477 e. The summed E-state index contributed by atoms with van der Waals surface area (Å²) in [6, 6.07) is 1.23. The first-order valence-electron chi connectivity index (χ1n) is 7.14. The van der Waals surface area contributed by atoms with E-state index in [0.29, 0.717) is 18.8 Å². The summed E-state index contributed by atoms with van der Waals surface area (Å²) >= 11 is 0. The molecule has 0 aromatic carbocycles. The van der Waals surface area contributed by atoms with Crippen molar-refractivity contribution < 1.29 is 18.3 Å². The summed E-state index contributed by atoms with van der Waals surface area (Å²) < 4.78 is 30.6. The van der Waals surface area contributed by atoms with Gasteiger partial charge in [0.15, 0.2) is 0 Å². The van der Waals surface area contributed by atoms with Crippen molar-refractivity contribution in [1.29, 1.82) is 0 Å². The van der Waals surface area contributed by atoms with E-state index in [4.69, 9.17) is 0 Å². The topological polar surface area (TPSA) is 97.4 Å². The fraction of sp³-hybridized carbons (Fsp3) is 0.429. The number of hydrogen-bond donors (Lipinski definition) is 1. The molecule has 0 aliphatic carbocycles. The molecule has 0 saturated heterocycles. The number of hydrogen-bond acceptors (Lipinski definition) is 4. The molecule has 9 heteroatoms. The molecule has 0 saturated carbocycles. The molecule has 1 N–H and O–H groups in total. The van der Waals surface area contributed by atoms with E-state index in [2.05, 4.69) is 4.98 Å². The molecule has 0 unspecified atom stereocenters. The molecule has 0 amide bonds. The Hall–Kier alpha value is -2.13. The van der Waals surface area contributed by atoms with Gasteiger partial charge in [0.1, 0.15) is 16.4 Å². The van der Waals surface area contributed by atoms with Gasteiger partial charge in [0, 0.05) is 32.0 Å². The number of sulfonamides is 1. The SMILES string of the molecule is Cc1c(S(=O)(=O)N2CCn3c(cnc3C)C2)cc(C(=O)O)n1C. The Bertz CT molecular complexity index is 894. The summed E-state index contributed by atoms with van der Waals surface area (Å²) in [5.74, 6) is -0.287. The lowest BCUT2D eigenvalue weighted by atomic mass is 10.3. The Kier molecular flexibility index (Phi) is 3.56. The fourth-order valence-electron chi connectivity index (χ4n) is 2.90. The van der Waals surface area contributed by atoms with Crippen LogP contribution in [0.2, 0.25) is 0 Å². The third-order valence-corrected chi connectivity index (χ3v) is 6.34. The van der Waals surface area contributed by atoms with Gasteiger partial charge >= 0.3 is 5.97 Å². The third kappa shape index (κ3) is 2.36. The van der Waals surface area contributed by atoms with Gasteiger partial charge in [0.25, 0.3) is 0 Å². The standard InChI is InChI=1S/C14H18N4O4S/c1-9-13(6-12(14(19)20)16(9)3)23(21,22)17-4-5-18-10(2)15-7-11(18)8-17/h6-7H,4-5,8H2,1-3H3,(H,19,20). The normalized spacial score (nSPS) is 15.6. The number of carboxylic acid groups (broad SMARTS) is 1. The number of carboxylic acids is 1. The fourth-order valence-corrected chi connectivity index (χ4v) is 4.57. The molecule has 8 nitrogen and oxygen atoms in total. The van der Waals surface area contributed by atoms with Crippen LogP contribution in [0.5, 0.6) is 0 Å². The van der Waals surface area contributed by atoms with E-state index in [1.54, 1.807) is 20.2 Å². The monoisotopic (exact) mass is 338 g/mol. The molecule has 124 valence electrons. The highest BCUT2D eigenvalue weighted by molar-refractivity contribution is 7.89. The minimum absolute atomic E-state index is 0.0426. The van der Waals surface area contributed by atoms with Crippen LogP contribution in [-0.4, -0.2) is 44.5 Å². The maximum absolute atomic E-state index is 12.9. The van der Waals surface area contributed by atoms with Gasteiger partial charge in [-0.3, -0.25) is 0 Å². The predicted molar refractivity (Wildman–Crippen MR) is 81.7 cm³/mol.